The predicted octanol–water partition coefficient (Wildman–Crippen LogP) is 4.59. The summed E-state index contributed by atoms with van der Waals surface area (Å²) in [5.74, 6) is -0.0870. The number of benzene rings is 3. The molecular weight excluding hydrogens is 360 g/mol. The molecule has 3 atom stereocenters. The number of hydrogen-bond acceptors (Lipinski definition) is 3. The molecule has 1 saturated carbocycles. The minimum absolute atomic E-state index is 0.184. The van der Waals surface area contributed by atoms with Crippen LogP contribution in [0, 0.1) is 5.92 Å². The number of ketones is 1. The highest BCUT2D eigenvalue weighted by Crippen LogP contribution is 2.71. The number of aldehydes is 1. The van der Waals surface area contributed by atoms with Crippen LogP contribution in [0.2, 0.25) is 0 Å². The second kappa shape index (κ2) is 6.56. The Morgan fingerprint density at radius 3 is 2.38 bits per heavy atom. The van der Waals surface area contributed by atoms with E-state index in [0.29, 0.717) is 5.56 Å². The number of carbonyl (C=O) groups is 2. The maximum Gasteiger partial charge on any atom is 0.150 e. The Morgan fingerprint density at radius 1 is 0.931 bits per heavy atom. The van der Waals surface area contributed by atoms with Gasteiger partial charge in [0, 0.05) is 11.0 Å². The summed E-state index contributed by atoms with van der Waals surface area (Å²) in [7, 11) is 0. The fourth-order valence-electron chi connectivity index (χ4n) is 4.90. The predicted molar refractivity (Wildman–Crippen MR) is 111 cm³/mol. The van der Waals surface area contributed by atoms with E-state index in [1.165, 1.54) is 5.56 Å². The minimum atomic E-state index is -0.367. The molecule has 0 aromatic heterocycles. The molecule has 3 aromatic carbocycles. The molecule has 3 heteroatoms. The first kappa shape index (κ1) is 17.6. The van der Waals surface area contributed by atoms with Gasteiger partial charge in [-0.15, -0.1) is 0 Å². The van der Waals surface area contributed by atoms with E-state index in [4.69, 9.17) is 0 Å². The van der Waals surface area contributed by atoms with Gasteiger partial charge >= 0.3 is 0 Å². The van der Waals surface area contributed by atoms with Crippen molar-refractivity contribution in [2.75, 3.05) is 0 Å². The molecule has 0 radical (unpaired) electrons. The van der Waals surface area contributed by atoms with E-state index in [-0.39, 0.29) is 28.8 Å². The normalized spacial score (nSPS) is 24.3. The fourth-order valence-corrected chi connectivity index (χ4v) is 4.90. The largest absolute Gasteiger partial charge is 0.508 e. The number of hydrogen-bond donors (Lipinski definition) is 1. The zero-order chi connectivity index (χ0) is 20.0. The Bertz CT molecular complexity index is 1130. The molecule has 0 aliphatic heterocycles. The van der Waals surface area contributed by atoms with Crippen LogP contribution >= 0.6 is 0 Å². The number of phenolic OH excluding ortho intramolecular Hbond substituents is 1. The lowest BCUT2D eigenvalue weighted by Gasteiger charge is -2.44. The van der Waals surface area contributed by atoms with Crippen molar-refractivity contribution in [3.63, 3.8) is 0 Å². The maximum absolute atomic E-state index is 13.2. The molecule has 2 aliphatic rings. The summed E-state index contributed by atoms with van der Waals surface area (Å²) < 4.78 is 0. The van der Waals surface area contributed by atoms with Crippen molar-refractivity contribution in [2.45, 2.75) is 17.8 Å². The summed E-state index contributed by atoms with van der Waals surface area (Å²) in [5, 5.41) is 9.96. The van der Waals surface area contributed by atoms with Gasteiger partial charge in [-0.1, -0.05) is 72.8 Å². The van der Waals surface area contributed by atoms with Crippen LogP contribution < -0.4 is 0 Å². The molecule has 2 aliphatic carbocycles. The third-order valence-corrected chi connectivity index (χ3v) is 6.30. The van der Waals surface area contributed by atoms with Gasteiger partial charge < -0.3 is 5.11 Å². The summed E-state index contributed by atoms with van der Waals surface area (Å²) in [4.78, 5) is 24.2. The Hall–Kier alpha value is -3.46. The number of rotatable bonds is 5. The van der Waals surface area contributed by atoms with Crippen molar-refractivity contribution in [2.24, 2.45) is 5.92 Å². The summed E-state index contributed by atoms with van der Waals surface area (Å²) >= 11 is 0. The molecule has 0 bridgehead atoms. The van der Waals surface area contributed by atoms with Crippen LogP contribution in [0.25, 0.3) is 0 Å². The van der Waals surface area contributed by atoms with Gasteiger partial charge in [0.15, 0.2) is 0 Å². The zero-order valence-electron chi connectivity index (χ0n) is 15.8. The number of Topliss-reactive ketones (excluding diaryl/α,β-unsaturated/α-hetero) is 1. The third kappa shape index (κ3) is 2.58. The molecular formula is C26H20O3. The van der Waals surface area contributed by atoms with Crippen LogP contribution in [0.5, 0.6) is 5.75 Å². The van der Waals surface area contributed by atoms with E-state index >= 15 is 0 Å². The van der Waals surface area contributed by atoms with Crippen LogP contribution in [0.3, 0.4) is 0 Å². The molecule has 0 heterocycles. The number of phenols is 1. The summed E-state index contributed by atoms with van der Waals surface area (Å²) in [6.45, 7) is 0. The summed E-state index contributed by atoms with van der Waals surface area (Å²) in [6.07, 6.45) is 5.69. The van der Waals surface area contributed by atoms with Gasteiger partial charge in [0.25, 0.3) is 0 Å². The van der Waals surface area contributed by atoms with Crippen LogP contribution in [0.15, 0.2) is 84.9 Å². The molecule has 1 spiro atoms. The molecule has 1 N–H and O–H groups in total. The highest BCUT2D eigenvalue weighted by molar-refractivity contribution is 6.05. The molecule has 29 heavy (non-hydrogen) atoms. The van der Waals surface area contributed by atoms with Gasteiger partial charge in [-0.3, -0.25) is 9.59 Å². The minimum Gasteiger partial charge on any atom is -0.508 e. The van der Waals surface area contributed by atoms with Crippen LogP contribution in [0.4, 0.5) is 0 Å². The Balaban J connectivity index is 1.48. The van der Waals surface area contributed by atoms with Crippen molar-refractivity contribution in [1.82, 2.24) is 0 Å². The molecule has 0 saturated heterocycles. The lowest BCUT2D eigenvalue weighted by atomic mass is 9.55. The second-order valence-electron chi connectivity index (χ2n) is 7.81. The van der Waals surface area contributed by atoms with Crippen molar-refractivity contribution in [3.05, 3.63) is 113 Å². The van der Waals surface area contributed by atoms with E-state index in [0.717, 1.165) is 29.4 Å². The molecule has 1 fully saturated rings. The highest BCUT2D eigenvalue weighted by Gasteiger charge is 2.71. The van der Waals surface area contributed by atoms with Gasteiger partial charge in [-0.25, -0.2) is 0 Å². The SMILES string of the molecule is O=Cc1ccc(C2C(=O)C(/C=C/Cc3ccccc3)[C@@]23c2ccc(O)cc23)cc1. The smallest absolute Gasteiger partial charge is 0.150 e. The van der Waals surface area contributed by atoms with Gasteiger partial charge in [0.1, 0.15) is 17.8 Å². The highest BCUT2D eigenvalue weighted by atomic mass is 16.3. The van der Waals surface area contributed by atoms with E-state index in [1.54, 1.807) is 24.3 Å². The van der Waals surface area contributed by atoms with Crippen LogP contribution in [-0.4, -0.2) is 17.2 Å². The van der Waals surface area contributed by atoms with Gasteiger partial charge in [-0.05, 0) is 40.8 Å². The zero-order valence-corrected chi connectivity index (χ0v) is 15.8. The van der Waals surface area contributed by atoms with E-state index in [1.807, 2.05) is 42.5 Å². The van der Waals surface area contributed by atoms with E-state index < -0.39 is 0 Å². The van der Waals surface area contributed by atoms with Gasteiger partial charge in [-0.2, -0.15) is 0 Å². The Labute approximate surface area is 169 Å². The number of allylic oxidation sites excluding steroid dienone is 2. The van der Waals surface area contributed by atoms with Gasteiger partial charge in [0.2, 0.25) is 0 Å². The summed E-state index contributed by atoms with van der Waals surface area (Å²) in [5.41, 5.74) is 4.54. The van der Waals surface area contributed by atoms with E-state index in [9.17, 15) is 14.7 Å². The second-order valence-corrected chi connectivity index (χ2v) is 7.81. The Morgan fingerprint density at radius 2 is 1.69 bits per heavy atom. The maximum atomic E-state index is 13.2. The standard InChI is InChI=1S/C26H20O3/c27-16-18-9-11-19(12-10-18)24-25(29)22(8-4-7-17-5-2-1-3-6-17)26(24)21-14-13-20(28)15-23(21)26/h1-6,8-16,22,24,28H,7H2/b8-4+/t22?,24?,26-/m1/s1. The van der Waals surface area contributed by atoms with Crippen molar-refractivity contribution >= 4 is 12.1 Å². The monoisotopic (exact) mass is 380 g/mol. The Kier molecular flexibility index (Phi) is 3.99. The first-order valence-corrected chi connectivity index (χ1v) is 9.79. The lowest BCUT2D eigenvalue weighted by molar-refractivity contribution is -0.133. The average molecular weight is 380 g/mol. The number of fused-ring (bicyclic) bond motifs is 3. The first-order chi connectivity index (χ1) is 14.2. The third-order valence-electron chi connectivity index (χ3n) is 6.30. The van der Waals surface area contributed by atoms with Crippen molar-refractivity contribution < 1.29 is 14.7 Å². The summed E-state index contributed by atoms with van der Waals surface area (Å²) in [6, 6.07) is 22.8. The molecule has 2 unspecified atom stereocenters. The topological polar surface area (TPSA) is 54.4 Å². The van der Waals surface area contributed by atoms with Crippen LogP contribution in [-0.2, 0) is 16.6 Å². The lowest BCUT2D eigenvalue weighted by Crippen LogP contribution is -2.50. The van der Waals surface area contributed by atoms with Crippen molar-refractivity contribution in [3.8, 4) is 5.75 Å². The quantitative estimate of drug-likeness (QED) is 0.520. The molecule has 3 nitrogen and oxygen atoms in total. The first-order valence-electron chi connectivity index (χ1n) is 9.79. The molecule has 5 rings (SSSR count). The van der Waals surface area contributed by atoms with E-state index in [2.05, 4.69) is 18.2 Å². The molecule has 142 valence electrons. The molecule has 0 amide bonds. The van der Waals surface area contributed by atoms with Crippen molar-refractivity contribution in [1.29, 1.82) is 0 Å². The van der Waals surface area contributed by atoms with Crippen LogP contribution in [0.1, 0.15) is 38.5 Å². The van der Waals surface area contributed by atoms with Gasteiger partial charge in [0.05, 0.1) is 11.8 Å². The number of aromatic hydroxyl groups is 1. The average Bonchev–Trinajstić information content (AvgIpc) is 3.42. The fraction of sp³-hybridized carbons (Fsp3) is 0.154. The number of carbonyl (C=O) groups excluding carboxylic acids is 2. The molecule has 3 aromatic rings.